The Labute approximate surface area is 79.8 Å². The van der Waals surface area contributed by atoms with Crippen molar-refractivity contribution in [3.05, 3.63) is 0 Å². The number of carbonyl (C=O) groups is 1. The number of carbonyl (C=O) groups excluding carboxylic acids is 1. The van der Waals surface area contributed by atoms with Crippen LogP contribution in [0.15, 0.2) is 0 Å². The van der Waals surface area contributed by atoms with Crippen molar-refractivity contribution in [3.63, 3.8) is 0 Å². The average molecular weight is 188 g/mol. The van der Waals surface area contributed by atoms with Gasteiger partial charge in [-0.05, 0) is 5.92 Å². The highest BCUT2D eigenvalue weighted by Gasteiger charge is 2.19. The Morgan fingerprint density at radius 2 is 2.15 bits per heavy atom. The molecule has 0 aliphatic heterocycles. The van der Waals surface area contributed by atoms with Gasteiger partial charge < -0.3 is 15.8 Å². The van der Waals surface area contributed by atoms with E-state index in [-0.39, 0.29) is 17.7 Å². The van der Waals surface area contributed by atoms with E-state index in [0.717, 1.165) is 0 Å². The van der Waals surface area contributed by atoms with Crippen LogP contribution in [0, 0.1) is 11.8 Å². The highest BCUT2D eigenvalue weighted by Crippen LogP contribution is 2.08. The molecule has 0 aliphatic rings. The molecule has 0 aromatic carbocycles. The summed E-state index contributed by atoms with van der Waals surface area (Å²) in [6.07, 6.45) is 0. The molecule has 78 valence electrons. The number of rotatable bonds is 6. The first-order valence-corrected chi connectivity index (χ1v) is 4.60. The summed E-state index contributed by atoms with van der Waals surface area (Å²) in [6, 6.07) is 0. The van der Waals surface area contributed by atoms with Crippen molar-refractivity contribution in [2.24, 2.45) is 17.6 Å². The van der Waals surface area contributed by atoms with Crippen molar-refractivity contribution in [1.82, 2.24) is 5.32 Å². The van der Waals surface area contributed by atoms with Gasteiger partial charge in [0.1, 0.15) is 0 Å². The molecule has 3 N–H and O–H groups in total. The van der Waals surface area contributed by atoms with Gasteiger partial charge in [0, 0.05) is 20.2 Å². The molecule has 1 unspecified atom stereocenters. The molecule has 0 aromatic rings. The first-order chi connectivity index (χ1) is 6.13. The van der Waals surface area contributed by atoms with Gasteiger partial charge in [-0.15, -0.1) is 0 Å². The second-order valence-electron chi connectivity index (χ2n) is 3.37. The summed E-state index contributed by atoms with van der Waals surface area (Å²) in [5.74, 6) is 0.221. The van der Waals surface area contributed by atoms with Crippen LogP contribution in [0.1, 0.15) is 13.8 Å². The number of nitrogens with one attached hydrogen (secondary N) is 1. The molecule has 0 spiro atoms. The molecular weight excluding hydrogens is 168 g/mol. The Kier molecular flexibility index (Phi) is 6.54. The van der Waals surface area contributed by atoms with Crippen molar-refractivity contribution in [2.45, 2.75) is 13.8 Å². The van der Waals surface area contributed by atoms with Gasteiger partial charge in [0.15, 0.2) is 0 Å². The zero-order valence-corrected chi connectivity index (χ0v) is 8.67. The van der Waals surface area contributed by atoms with E-state index in [9.17, 15) is 4.79 Å². The molecule has 0 heterocycles. The topological polar surface area (TPSA) is 64.3 Å². The minimum atomic E-state index is -0.0862. The highest BCUT2D eigenvalue weighted by molar-refractivity contribution is 5.79. The maximum atomic E-state index is 11.4. The third-order valence-electron chi connectivity index (χ3n) is 2.00. The van der Waals surface area contributed by atoms with E-state index in [1.54, 1.807) is 7.11 Å². The van der Waals surface area contributed by atoms with E-state index < -0.39 is 0 Å². The summed E-state index contributed by atoms with van der Waals surface area (Å²) in [5.41, 5.74) is 5.49. The molecule has 13 heavy (non-hydrogen) atoms. The molecular formula is C9H20N2O2. The first kappa shape index (κ1) is 12.4. The zero-order chi connectivity index (χ0) is 10.3. The fourth-order valence-electron chi connectivity index (χ4n) is 1.09. The lowest BCUT2D eigenvalue weighted by Crippen LogP contribution is -2.39. The Morgan fingerprint density at radius 1 is 1.54 bits per heavy atom. The van der Waals surface area contributed by atoms with Crippen LogP contribution < -0.4 is 11.1 Å². The summed E-state index contributed by atoms with van der Waals surface area (Å²) in [4.78, 5) is 11.4. The van der Waals surface area contributed by atoms with Gasteiger partial charge in [0.2, 0.25) is 5.91 Å². The Balaban J connectivity index is 3.78. The van der Waals surface area contributed by atoms with Crippen LogP contribution in [-0.4, -0.2) is 32.7 Å². The van der Waals surface area contributed by atoms with Crippen LogP contribution in [-0.2, 0) is 9.53 Å². The van der Waals surface area contributed by atoms with Crippen molar-refractivity contribution in [2.75, 3.05) is 26.8 Å². The van der Waals surface area contributed by atoms with Gasteiger partial charge in [0.05, 0.1) is 12.5 Å². The third kappa shape index (κ3) is 4.85. The molecule has 1 amide bonds. The lowest BCUT2D eigenvalue weighted by molar-refractivity contribution is -0.126. The fourth-order valence-corrected chi connectivity index (χ4v) is 1.09. The van der Waals surface area contributed by atoms with E-state index in [2.05, 4.69) is 5.32 Å². The molecule has 4 nitrogen and oxygen atoms in total. The quantitative estimate of drug-likeness (QED) is 0.576. The van der Waals surface area contributed by atoms with E-state index in [1.165, 1.54) is 0 Å². The number of amides is 1. The fraction of sp³-hybridized carbons (Fsp3) is 0.889. The van der Waals surface area contributed by atoms with Crippen LogP contribution in [0.25, 0.3) is 0 Å². The number of methoxy groups -OCH3 is 1. The number of hydrogen-bond acceptors (Lipinski definition) is 3. The highest BCUT2D eigenvalue weighted by atomic mass is 16.5. The molecule has 0 aromatic heterocycles. The molecule has 1 atom stereocenters. The maximum Gasteiger partial charge on any atom is 0.224 e. The molecule has 0 saturated carbocycles. The minimum absolute atomic E-state index is 0.0227. The molecule has 0 aliphatic carbocycles. The third-order valence-corrected chi connectivity index (χ3v) is 2.00. The lowest BCUT2D eigenvalue weighted by atomic mass is 9.95. The SMILES string of the molecule is COCCNC(=O)C(CN)C(C)C. The van der Waals surface area contributed by atoms with Crippen LogP contribution >= 0.6 is 0 Å². The predicted octanol–water partition coefficient (Wildman–Crippen LogP) is -0.0201. The second kappa shape index (κ2) is 6.86. The molecule has 0 rings (SSSR count). The largest absolute Gasteiger partial charge is 0.383 e. The Hall–Kier alpha value is -0.610. The van der Waals surface area contributed by atoms with Crippen LogP contribution in [0.2, 0.25) is 0 Å². The maximum absolute atomic E-state index is 11.4. The lowest BCUT2D eigenvalue weighted by Gasteiger charge is -2.17. The smallest absolute Gasteiger partial charge is 0.224 e. The normalized spacial score (nSPS) is 13.0. The molecule has 0 fully saturated rings. The van der Waals surface area contributed by atoms with Gasteiger partial charge in [-0.25, -0.2) is 0 Å². The summed E-state index contributed by atoms with van der Waals surface area (Å²) in [7, 11) is 1.61. The van der Waals surface area contributed by atoms with E-state index in [4.69, 9.17) is 10.5 Å². The summed E-state index contributed by atoms with van der Waals surface area (Å²) < 4.78 is 4.82. The number of hydrogen-bond donors (Lipinski definition) is 2. The van der Waals surface area contributed by atoms with E-state index >= 15 is 0 Å². The Bertz CT molecular complexity index is 149. The first-order valence-electron chi connectivity index (χ1n) is 4.60. The Morgan fingerprint density at radius 3 is 2.54 bits per heavy atom. The average Bonchev–Trinajstić information content (AvgIpc) is 2.05. The van der Waals surface area contributed by atoms with Crippen LogP contribution in [0.5, 0.6) is 0 Å². The van der Waals surface area contributed by atoms with Gasteiger partial charge in [-0.1, -0.05) is 13.8 Å². The number of nitrogens with two attached hydrogens (primary N) is 1. The van der Waals surface area contributed by atoms with Crippen LogP contribution in [0.4, 0.5) is 0 Å². The minimum Gasteiger partial charge on any atom is -0.383 e. The van der Waals surface area contributed by atoms with Crippen LogP contribution in [0.3, 0.4) is 0 Å². The van der Waals surface area contributed by atoms with Crippen molar-refractivity contribution >= 4 is 5.91 Å². The van der Waals surface area contributed by atoms with Crippen molar-refractivity contribution in [3.8, 4) is 0 Å². The molecule has 0 radical (unpaired) electrons. The molecule has 0 bridgehead atoms. The standard InChI is InChI=1S/C9H20N2O2/c1-7(2)8(6-10)9(12)11-4-5-13-3/h7-8H,4-6,10H2,1-3H3,(H,11,12). The number of ether oxygens (including phenoxy) is 1. The van der Waals surface area contributed by atoms with Gasteiger partial charge in [0.25, 0.3) is 0 Å². The molecule has 4 heteroatoms. The van der Waals surface area contributed by atoms with Gasteiger partial charge >= 0.3 is 0 Å². The monoisotopic (exact) mass is 188 g/mol. The summed E-state index contributed by atoms with van der Waals surface area (Å²) >= 11 is 0. The van der Waals surface area contributed by atoms with Gasteiger partial charge in [-0.2, -0.15) is 0 Å². The van der Waals surface area contributed by atoms with Crippen molar-refractivity contribution < 1.29 is 9.53 Å². The van der Waals surface area contributed by atoms with Crippen molar-refractivity contribution in [1.29, 1.82) is 0 Å². The zero-order valence-electron chi connectivity index (χ0n) is 8.67. The van der Waals surface area contributed by atoms with Gasteiger partial charge in [-0.3, -0.25) is 4.79 Å². The van der Waals surface area contributed by atoms with E-state index in [0.29, 0.717) is 19.7 Å². The molecule has 0 saturated heterocycles. The summed E-state index contributed by atoms with van der Waals surface area (Å²) in [5, 5.41) is 2.77. The van der Waals surface area contributed by atoms with E-state index in [1.807, 2.05) is 13.8 Å². The second-order valence-corrected chi connectivity index (χ2v) is 3.37. The summed E-state index contributed by atoms with van der Waals surface area (Å²) in [6.45, 7) is 5.48. The predicted molar refractivity (Wildman–Crippen MR) is 52.3 cm³/mol.